The van der Waals surface area contributed by atoms with E-state index in [9.17, 15) is 0 Å². The van der Waals surface area contributed by atoms with Crippen LogP contribution in [0.4, 0.5) is 5.69 Å². The molecule has 0 atom stereocenters. The van der Waals surface area contributed by atoms with Crippen molar-refractivity contribution in [3.05, 3.63) is 24.4 Å². The van der Waals surface area contributed by atoms with E-state index in [0.29, 0.717) is 5.69 Å². The lowest BCUT2D eigenvalue weighted by Gasteiger charge is -1.95. The summed E-state index contributed by atoms with van der Waals surface area (Å²) in [6.45, 7) is 1.91. The van der Waals surface area contributed by atoms with Crippen molar-refractivity contribution in [1.82, 2.24) is 14.4 Å². The molecule has 0 aromatic carbocycles. The molecule has 0 radical (unpaired) electrons. The monoisotopic (exact) mass is 148 g/mol. The van der Waals surface area contributed by atoms with Gasteiger partial charge in [0.2, 0.25) is 0 Å². The van der Waals surface area contributed by atoms with Crippen molar-refractivity contribution >= 4 is 11.3 Å². The van der Waals surface area contributed by atoms with Gasteiger partial charge in [-0.2, -0.15) is 0 Å². The highest BCUT2D eigenvalue weighted by molar-refractivity contribution is 5.43. The van der Waals surface area contributed by atoms with E-state index in [0.717, 1.165) is 11.5 Å². The van der Waals surface area contributed by atoms with Crippen molar-refractivity contribution in [1.29, 1.82) is 0 Å². The third-order valence-electron chi connectivity index (χ3n) is 1.59. The molecule has 0 saturated heterocycles. The second-order valence-electron chi connectivity index (χ2n) is 2.42. The van der Waals surface area contributed by atoms with E-state index in [1.807, 2.05) is 17.5 Å². The molecular weight excluding hydrogens is 140 g/mol. The van der Waals surface area contributed by atoms with Gasteiger partial charge in [-0.3, -0.25) is 4.40 Å². The van der Waals surface area contributed by atoms with Gasteiger partial charge in [-0.25, -0.2) is 9.97 Å². The highest BCUT2D eigenvalue weighted by atomic mass is 15.1. The van der Waals surface area contributed by atoms with Crippen molar-refractivity contribution in [3.8, 4) is 0 Å². The third kappa shape index (κ3) is 0.832. The first-order valence-electron chi connectivity index (χ1n) is 3.32. The number of nitrogen functional groups attached to an aromatic ring is 1. The average molecular weight is 148 g/mol. The molecule has 0 aliphatic carbocycles. The SMILES string of the molecule is Cc1ncc2ncc(N)cn12. The third-order valence-corrected chi connectivity index (χ3v) is 1.59. The molecule has 0 aliphatic heterocycles. The number of aryl methyl sites for hydroxylation is 1. The first-order valence-corrected chi connectivity index (χ1v) is 3.32. The molecule has 0 aliphatic rings. The Labute approximate surface area is 63.7 Å². The molecule has 0 fully saturated rings. The van der Waals surface area contributed by atoms with Crippen LogP contribution in [0.3, 0.4) is 0 Å². The summed E-state index contributed by atoms with van der Waals surface area (Å²) in [7, 11) is 0. The molecule has 4 nitrogen and oxygen atoms in total. The summed E-state index contributed by atoms with van der Waals surface area (Å²) in [5.41, 5.74) is 7.02. The zero-order valence-corrected chi connectivity index (χ0v) is 6.15. The number of aromatic nitrogens is 3. The van der Waals surface area contributed by atoms with E-state index >= 15 is 0 Å². The number of imidazole rings is 1. The van der Waals surface area contributed by atoms with Crippen LogP contribution in [-0.4, -0.2) is 14.4 Å². The van der Waals surface area contributed by atoms with Crippen LogP contribution in [0.1, 0.15) is 5.82 Å². The van der Waals surface area contributed by atoms with Crippen LogP contribution in [0.5, 0.6) is 0 Å². The highest BCUT2D eigenvalue weighted by Gasteiger charge is 1.97. The number of nitrogens with two attached hydrogens (primary N) is 1. The van der Waals surface area contributed by atoms with Crippen LogP contribution in [0.2, 0.25) is 0 Å². The Balaban J connectivity index is 2.87. The van der Waals surface area contributed by atoms with Gasteiger partial charge in [0.15, 0.2) is 5.65 Å². The molecule has 2 heterocycles. The number of hydrogen-bond donors (Lipinski definition) is 1. The molecular formula is C7H8N4. The predicted octanol–water partition coefficient (Wildman–Crippen LogP) is 0.620. The van der Waals surface area contributed by atoms with Gasteiger partial charge in [0.05, 0.1) is 18.1 Å². The minimum Gasteiger partial charge on any atom is -0.396 e. The predicted molar refractivity (Wildman–Crippen MR) is 42.1 cm³/mol. The van der Waals surface area contributed by atoms with Crippen molar-refractivity contribution in [2.45, 2.75) is 6.92 Å². The van der Waals surface area contributed by atoms with E-state index in [2.05, 4.69) is 9.97 Å². The molecule has 0 bridgehead atoms. The van der Waals surface area contributed by atoms with Gasteiger partial charge in [0, 0.05) is 6.20 Å². The molecule has 4 heteroatoms. The molecule has 2 aromatic heterocycles. The number of hydrogen-bond acceptors (Lipinski definition) is 3. The molecule has 0 saturated carbocycles. The zero-order chi connectivity index (χ0) is 7.84. The maximum atomic E-state index is 5.54. The molecule has 2 rings (SSSR count). The summed E-state index contributed by atoms with van der Waals surface area (Å²) in [6.07, 6.45) is 5.15. The minimum atomic E-state index is 0.651. The van der Waals surface area contributed by atoms with Crippen LogP contribution >= 0.6 is 0 Å². The number of fused-ring (bicyclic) bond motifs is 1. The Morgan fingerprint density at radius 3 is 3.00 bits per heavy atom. The first-order chi connectivity index (χ1) is 5.27. The zero-order valence-electron chi connectivity index (χ0n) is 6.15. The van der Waals surface area contributed by atoms with Crippen molar-refractivity contribution < 1.29 is 0 Å². The average Bonchev–Trinajstić information content (AvgIpc) is 2.33. The summed E-state index contributed by atoms with van der Waals surface area (Å²) >= 11 is 0. The summed E-state index contributed by atoms with van der Waals surface area (Å²) in [6, 6.07) is 0. The lowest BCUT2D eigenvalue weighted by Crippen LogP contribution is -1.93. The maximum Gasteiger partial charge on any atom is 0.156 e. The van der Waals surface area contributed by atoms with Crippen LogP contribution < -0.4 is 5.73 Å². The van der Waals surface area contributed by atoms with Crippen LogP contribution in [-0.2, 0) is 0 Å². The molecule has 2 aromatic rings. The topological polar surface area (TPSA) is 56.2 Å². The normalized spacial score (nSPS) is 10.6. The molecule has 2 N–H and O–H groups in total. The van der Waals surface area contributed by atoms with E-state index < -0.39 is 0 Å². The standard InChI is InChI=1S/C7H8N4/c1-5-9-3-7-10-2-6(8)4-11(5)7/h2-4H,8H2,1H3. The van der Waals surface area contributed by atoms with Crippen molar-refractivity contribution in [2.75, 3.05) is 5.73 Å². The number of anilines is 1. The van der Waals surface area contributed by atoms with Gasteiger partial charge in [0.1, 0.15) is 5.82 Å². The molecule has 0 unspecified atom stereocenters. The Hall–Kier alpha value is -1.58. The van der Waals surface area contributed by atoms with Gasteiger partial charge in [-0.05, 0) is 6.92 Å². The van der Waals surface area contributed by atoms with Crippen LogP contribution in [0.15, 0.2) is 18.6 Å². The van der Waals surface area contributed by atoms with E-state index in [1.165, 1.54) is 0 Å². The summed E-state index contributed by atoms with van der Waals surface area (Å²) < 4.78 is 1.86. The largest absolute Gasteiger partial charge is 0.396 e. The number of rotatable bonds is 0. The van der Waals surface area contributed by atoms with Gasteiger partial charge in [-0.15, -0.1) is 0 Å². The minimum absolute atomic E-state index is 0.651. The van der Waals surface area contributed by atoms with Crippen LogP contribution in [0.25, 0.3) is 5.65 Å². The Morgan fingerprint density at radius 2 is 2.18 bits per heavy atom. The van der Waals surface area contributed by atoms with Gasteiger partial charge < -0.3 is 5.73 Å². The fourth-order valence-corrected chi connectivity index (χ4v) is 1.02. The molecule has 0 amide bonds. The fraction of sp³-hybridized carbons (Fsp3) is 0.143. The van der Waals surface area contributed by atoms with Crippen molar-refractivity contribution in [3.63, 3.8) is 0 Å². The molecule has 11 heavy (non-hydrogen) atoms. The number of nitrogens with zero attached hydrogens (tertiary/aromatic N) is 3. The summed E-state index contributed by atoms with van der Waals surface area (Å²) in [4.78, 5) is 8.16. The fourth-order valence-electron chi connectivity index (χ4n) is 1.02. The molecule has 0 spiro atoms. The quantitative estimate of drug-likeness (QED) is 0.595. The van der Waals surface area contributed by atoms with Gasteiger partial charge >= 0.3 is 0 Å². The first kappa shape index (κ1) is 6.15. The maximum absolute atomic E-state index is 5.54. The highest BCUT2D eigenvalue weighted by Crippen LogP contribution is 2.05. The Morgan fingerprint density at radius 1 is 1.36 bits per heavy atom. The lowest BCUT2D eigenvalue weighted by molar-refractivity contribution is 1.03. The smallest absolute Gasteiger partial charge is 0.156 e. The van der Waals surface area contributed by atoms with Gasteiger partial charge in [-0.1, -0.05) is 0 Å². The second kappa shape index (κ2) is 1.95. The van der Waals surface area contributed by atoms with Gasteiger partial charge in [0.25, 0.3) is 0 Å². The van der Waals surface area contributed by atoms with E-state index in [-0.39, 0.29) is 0 Å². The van der Waals surface area contributed by atoms with E-state index in [4.69, 9.17) is 5.73 Å². The van der Waals surface area contributed by atoms with Crippen molar-refractivity contribution in [2.24, 2.45) is 0 Å². The van der Waals surface area contributed by atoms with E-state index in [1.54, 1.807) is 12.4 Å². The Kier molecular flexibility index (Phi) is 1.09. The summed E-state index contributed by atoms with van der Waals surface area (Å²) in [5, 5.41) is 0. The second-order valence-corrected chi connectivity index (χ2v) is 2.42. The molecule has 56 valence electrons. The Bertz CT molecular complexity index is 390. The summed E-state index contributed by atoms with van der Waals surface area (Å²) in [5.74, 6) is 0.903. The van der Waals surface area contributed by atoms with Crippen LogP contribution in [0, 0.1) is 6.92 Å². The lowest BCUT2D eigenvalue weighted by atomic mass is 10.5.